The van der Waals surface area contributed by atoms with Gasteiger partial charge in [0.05, 0.1) is 29.8 Å². The normalized spacial score (nSPS) is 15.9. The second-order valence-electron chi connectivity index (χ2n) is 8.50. The zero-order valence-corrected chi connectivity index (χ0v) is 17.8. The monoisotopic (exact) mass is 435 g/mol. The molecule has 1 fully saturated rings. The van der Waals surface area contributed by atoms with Gasteiger partial charge in [-0.05, 0) is 49.6 Å². The van der Waals surface area contributed by atoms with Crippen molar-refractivity contribution < 1.29 is 24.5 Å². The van der Waals surface area contributed by atoms with Crippen LogP contribution in [-0.4, -0.2) is 38.5 Å². The minimum absolute atomic E-state index is 0.0758. The van der Waals surface area contributed by atoms with E-state index in [2.05, 4.69) is 6.07 Å². The van der Waals surface area contributed by atoms with Crippen molar-refractivity contribution in [2.24, 2.45) is 0 Å². The average molecular weight is 435 g/mol. The van der Waals surface area contributed by atoms with Crippen LogP contribution < -0.4 is 0 Å². The summed E-state index contributed by atoms with van der Waals surface area (Å²) in [5.74, 6) is -1.10. The number of hydrogen-bond acceptors (Lipinski definition) is 4. The van der Waals surface area contributed by atoms with Gasteiger partial charge in [0.15, 0.2) is 0 Å². The first-order valence-electron chi connectivity index (χ1n) is 10.8. The molecule has 0 amide bonds. The molecular weight excluding hydrogens is 409 g/mol. The number of aliphatic hydroxyl groups excluding tert-OH is 2. The van der Waals surface area contributed by atoms with Crippen molar-refractivity contribution in [3.05, 3.63) is 71.2 Å². The van der Waals surface area contributed by atoms with E-state index in [0.29, 0.717) is 5.92 Å². The maximum Gasteiger partial charge on any atom is 0.305 e. The molecule has 0 spiro atoms. The SMILES string of the molecule is Cc1ccc2nc(C3CC3)c(/C=C/C(O)CC(O)CC(=O)O)c(-c3ccc(F)cc3)c2c1. The molecule has 0 saturated heterocycles. The first-order chi connectivity index (χ1) is 15.3. The molecule has 1 saturated carbocycles. The number of nitrogens with zero attached hydrogens (tertiary/aromatic N) is 1. The van der Waals surface area contributed by atoms with Gasteiger partial charge in [0.2, 0.25) is 0 Å². The van der Waals surface area contributed by atoms with E-state index in [1.54, 1.807) is 24.3 Å². The summed E-state index contributed by atoms with van der Waals surface area (Å²) in [5, 5.41) is 30.0. The Hall–Kier alpha value is -3.09. The lowest BCUT2D eigenvalue weighted by Gasteiger charge is -2.17. The molecule has 0 bridgehead atoms. The summed E-state index contributed by atoms with van der Waals surface area (Å²) in [4.78, 5) is 15.7. The van der Waals surface area contributed by atoms with E-state index in [1.807, 2.05) is 19.1 Å². The molecule has 32 heavy (non-hydrogen) atoms. The number of rotatable bonds is 8. The molecule has 166 valence electrons. The van der Waals surface area contributed by atoms with E-state index < -0.39 is 24.6 Å². The number of pyridine rings is 1. The third kappa shape index (κ3) is 5.03. The molecule has 3 aromatic rings. The van der Waals surface area contributed by atoms with Gasteiger partial charge in [-0.1, -0.05) is 35.9 Å². The van der Waals surface area contributed by atoms with E-state index in [0.717, 1.165) is 51.7 Å². The van der Waals surface area contributed by atoms with Crippen LogP contribution in [0.5, 0.6) is 0 Å². The van der Waals surface area contributed by atoms with Gasteiger partial charge in [0.1, 0.15) is 5.82 Å². The summed E-state index contributed by atoms with van der Waals surface area (Å²) in [6.07, 6.45) is 2.81. The molecule has 1 heterocycles. The number of carboxylic acids is 1. The van der Waals surface area contributed by atoms with E-state index in [4.69, 9.17) is 10.1 Å². The van der Waals surface area contributed by atoms with Gasteiger partial charge in [-0.2, -0.15) is 0 Å². The van der Waals surface area contributed by atoms with Crippen LogP contribution in [0.2, 0.25) is 0 Å². The Bertz CT molecular complexity index is 1170. The molecule has 6 heteroatoms. The standard InChI is InChI=1S/C26H26FNO4/c1-15-2-11-23-22(12-15)25(16-5-7-18(27)8-6-16)21(26(28-23)17-3-4-17)10-9-19(29)13-20(30)14-24(31)32/h2,5-12,17,19-20,29-30H,3-4,13-14H2,1H3,(H,31,32)/b10-9+. The van der Waals surface area contributed by atoms with Crippen molar-refractivity contribution in [1.29, 1.82) is 0 Å². The van der Waals surface area contributed by atoms with Crippen LogP contribution in [0.25, 0.3) is 28.1 Å². The Morgan fingerprint density at radius 1 is 1.19 bits per heavy atom. The van der Waals surface area contributed by atoms with Crippen molar-refractivity contribution in [2.45, 2.75) is 50.7 Å². The fourth-order valence-electron chi connectivity index (χ4n) is 4.02. The van der Waals surface area contributed by atoms with Crippen LogP contribution in [-0.2, 0) is 4.79 Å². The Morgan fingerprint density at radius 3 is 2.56 bits per heavy atom. The van der Waals surface area contributed by atoms with Crippen LogP contribution in [0.15, 0.2) is 48.5 Å². The zero-order chi connectivity index (χ0) is 22.8. The van der Waals surface area contributed by atoms with Crippen molar-refractivity contribution in [3.8, 4) is 11.1 Å². The number of carboxylic acid groups (broad SMARTS) is 1. The second-order valence-corrected chi connectivity index (χ2v) is 8.50. The van der Waals surface area contributed by atoms with E-state index in [-0.39, 0.29) is 12.2 Å². The number of aliphatic hydroxyl groups is 2. The lowest BCUT2D eigenvalue weighted by Crippen LogP contribution is -2.19. The Balaban J connectivity index is 1.82. The molecule has 5 nitrogen and oxygen atoms in total. The van der Waals surface area contributed by atoms with E-state index >= 15 is 0 Å². The summed E-state index contributed by atoms with van der Waals surface area (Å²) < 4.78 is 13.6. The molecule has 1 aliphatic carbocycles. The number of benzene rings is 2. The van der Waals surface area contributed by atoms with Crippen LogP contribution in [0.3, 0.4) is 0 Å². The molecule has 1 aromatic heterocycles. The fourth-order valence-corrected chi connectivity index (χ4v) is 4.02. The molecule has 4 rings (SSSR count). The highest BCUT2D eigenvalue weighted by Crippen LogP contribution is 2.45. The first kappa shape index (κ1) is 22.1. The second kappa shape index (κ2) is 9.18. The number of aliphatic carboxylic acids is 1. The van der Waals surface area contributed by atoms with Crippen LogP contribution in [0.4, 0.5) is 4.39 Å². The fraction of sp³-hybridized carbons (Fsp3) is 0.308. The Kier molecular flexibility index (Phi) is 6.35. The highest BCUT2D eigenvalue weighted by atomic mass is 19.1. The Labute approximate surface area is 185 Å². The van der Waals surface area contributed by atoms with E-state index in [1.165, 1.54) is 12.1 Å². The lowest BCUT2D eigenvalue weighted by molar-refractivity contribution is -0.139. The number of hydrogen-bond donors (Lipinski definition) is 3. The summed E-state index contributed by atoms with van der Waals surface area (Å²) in [6.45, 7) is 2.01. The number of aromatic nitrogens is 1. The molecule has 0 radical (unpaired) electrons. The minimum Gasteiger partial charge on any atom is -0.481 e. The zero-order valence-electron chi connectivity index (χ0n) is 17.8. The first-order valence-corrected chi connectivity index (χ1v) is 10.8. The van der Waals surface area contributed by atoms with Crippen LogP contribution in [0.1, 0.15) is 48.4 Å². The van der Waals surface area contributed by atoms with Crippen LogP contribution in [0, 0.1) is 12.7 Å². The van der Waals surface area contributed by atoms with Crippen molar-refractivity contribution in [3.63, 3.8) is 0 Å². The summed E-state index contributed by atoms with van der Waals surface area (Å²) in [7, 11) is 0. The maximum absolute atomic E-state index is 13.6. The molecule has 2 unspecified atom stereocenters. The van der Waals surface area contributed by atoms with Gasteiger partial charge < -0.3 is 15.3 Å². The van der Waals surface area contributed by atoms with Crippen LogP contribution >= 0.6 is 0 Å². The highest BCUT2D eigenvalue weighted by molar-refractivity contribution is 5.99. The van der Waals surface area contributed by atoms with Gasteiger partial charge in [-0.15, -0.1) is 0 Å². The Morgan fingerprint density at radius 2 is 1.91 bits per heavy atom. The quantitative estimate of drug-likeness (QED) is 0.472. The smallest absolute Gasteiger partial charge is 0.305 e. The molecule has 3 N–H and O–H groups in total. The molecule has 2 aromatic carbocycles. The molecular formula is C26H26FNO4. The summed E-state index contributed by atoms with van der Waals surface area (Å²) in [5.41, 5.74) is 5.53. The van der Waals surface area contributed by atoms with Gasteiger partial charge in [0.25, 0.3) is 0 Å². The van der Waals surface area contributed by atoms with Gasteiger partial charge >= 0.3 is 5.97 Å². The van der Waals surface area contributed by atoms with Crippen molar-refractivity contribution in [2.75, 3.05) is 0 Å². The molecule has 2 atom stereocenters. The van der Waals surface area contributed by atoms with Crippen molar-refractivity contribution >= 4 is 22.9 Å². The largest absolute Gasteiger partial charge is 0.481 e. The third-order valence-electron chi connectivity index (χ3n) is 5.71. The maximum atomic E-state index is 13.6. The number of halogens is 1. The number of aryl methyl sites for hydroxylation is 1. The number of fused-ring (bicyclic) bond motifs is 1. The molecule has 1 aliphatic rings. The minimum atomic E-state index is -1.14. The van der Waals surface area contributed by atoms with Gasteiger partial charge in [0, 0.05) is 28.9 Å². The third-order valence-corrected chi connectivity index (χ3v) is 5.71. The average Bonchev–Trinajstić information content (AvgIpc) is 3.56. The topological polar surface area (TPSA) is 90.7 Å². The number of carbonyl (C=O) groups is 1. The van der Waals surface area contributed by atoms with Gasteiger partial charge in [-0.3, -0.25) is 9.78 Å². The molecule has 0 aliphatic heterocycles. The predicted molar refractivity (Wildman–Crippen MR) is 122 cm³/mol. The lowest BCUT2D eigenvalue weighted by atomic mass is 9.91. The van der Waals surface area contributed by atoms with Gasteiger partial charge in [-0.25, -0.2) is 4.39 Å². The summed E-state index contributed by atoms with van der Waals surface area (Å²) in [6, 6.07) is 12.4. The van der Waals surface area contributed by atoms with Crippen molar-refractivity contribution in [1.82, 2.24) is 4.98 Å². The highest BCUT2D eigenvalue weighted by Gasteiger charge is 2.29. The summed E-state index contributed by atoms with van der Waals surface area (Å²) >= 11 is 0. The predicted octanol–water partition coefficient (Wildman–Crippen LogP) is 4.83. The van der Waals surface area contributed by atoms with E-state index in [9.17, 15) is 19.4 Å².